The second kappa shape index (κ2) is 11.3. The molecular formula is C58H54N2. The predicted octanol–water partition coefficient (Wildman–Crippen LogP) is 15.3. The van der Waals surface area contributed by atoms with Crippen molar-refractivity contribution in [3.63, 3.8) is 0 Å². The van der Waals surface area contributed by atoms with Gasteiger partial charge in [-0.1, -0.05) is 133 Å². The maximum Gasteiger partial charge on any atom is 0.0756 e. The molecule has 60 heavy (non-hydrogen) atoms. The van der Waals surface area contributed by atoms with Crippen LogP contribution < -0.4 is 0 Å². The summed E-state index contributed by atoms with van der Waals surface area (Å²) >= 11 is 0. The van der Waals surface area contributed by atoms with Crippen LogP contribution in [0.15, 0.2) is 121 Å². The van der Waals surface area contributed by atoms with Crippen LogP contribution in [0.2, 0.25) is 0 Å². The summed E-state index contributed by atoms with van der Waals surface area (Å²) in [6, 6.07) is 39.1. The molecule has 2 nitrogen and oxygen atoms in total. The van der Waals surface area contributed by atoms with Gasteiger partial charge in [0, 0.05) is 27.3 Å². The van der Waals surface area contributed by atoms with Gasteiger partial charge in [-0.25, -0.2) is 9.97 Å². The van der Waals surface area contributed by atoms with Gasteiger partial charge in [0.25, 0.3) is 0 Å². The molecule has 5 aromatic carbocycles. The summed E-state index contributed by atoms with van der Waals surface area (Å²) < 4.78 is 0. The molecule has 2 heteroatoms. The second-order valence-electron chi connectivity index (χ2n) is 21.5. The van der Waals surface area contributed by atoms with Crippen molar-refractivity contribution in [3.05, 3.63) is 149 Å². The summed E-state index contributed by atoms with van der Waals surface area (Å²) in [4.78, 5) is 11.7. The van der Waals surface area contributed by atoms with E-state index < -0.39 is 0 Å². The van der Waals surface area contributed by atoms with Gasteiger partial charge in [-0.2, -0.15) is 0 Å². The number of aromatic nitrogens is 2. The van der Waals surface area contributed by atoms with E-state index in [9.17, 15) is 0 Å². The van der Waals surface area contributed by atoms with E-state index in [0.717, 1.165) is 23.9 Å². The van der Waals surface area contributed by atoms with Crippen molar-refractivity contribution in [1.29, 1.82) is 0 Å². The Morgan fingerprint density at radius 1 is 0.567 bits per heavy atom. The molecule has 6 aliphatic carbocycles. The molecule has 3 saturated carbocycles. The van der Waals surface area contributed by atoms with Crippen LogP contribution in [-0.2, 0) is 10.8 Å². The third kappa shape index (κ3) is 4.03. The van der Waals surface area contributed by atoms with Crippen LogP contribution in [0.25, 0.3) is 71.8 Å². The smallest absolute Gasteiger partial charge is 0.0756 e. The molecule has 6 aliphatic rings. The second-order valence-corrected chi connectivity index (χ2v) is 21.5. The molecule has 0 amide bonds. The van der Waals surface area contributed by atoms with Crippen LogP contribution in [0, 0.1) is 22.2 Å². The Bertz CT molecular complexity index is 3140. The molecule has 0 radical (unpaired) electrons. The van der Waals surface area contributed by atoms with Gasteiger partial charge in [-0.3, -0.25) is 0 Å². The quantitative estimate of drug-likeness (QED) is 0.178. The lowest BCUT2D eigenvalue weighted by Gasteiger charge is -2.76. The molecule has 2 bridgehead atoms. The number of rotatable bonds is 4. The molecule has 296 valence electrons. The topological polar surface area (TPSA) is 25.8 Å². The average Bonchev–Trinajstić information content (AvgIpc) is 3.69. The molecule has 2 heterocycles. The van der Waals surface area contributed by atoms with Crippen LogP contribution >= 0.6 is 0 Å². The first-order valence-electron chi connectivity index (χ1n) is 22.8. The van der Waals surface area contributed by atoms with Crippen molar-refractivity contribution in [2.75, 3.05) is 0 Å². The molecule has 0 aliphatic heterocycles. The first kappa shape index (κ1) is 35.4. The molecule has 6 atom stereocenters. The van der Waals surface area contributed by atoms with E-state index >= 15 is 0 Å². The predicted molar refractivity (Wildman–Crippen MR) is 250 cm³/mol. The minimum absolute atomic E-state index is 0.0157. The highest BCUT2D eigenvalue weighted by Gasteiger charge is 2.81. The zero-order valence-corrected chi connectivity index (χ0v) is 36.2. The Kier molecular flexibility index (Phi) is 6.68. The van der Waals surface area contributed by atoms with Crippen molar-refractivity contribution in [1.82, 2.24) is 9.97 Å². The summed E-state index contributed by atoms with van der Waals surface area (Å²) in [5, 5.41) is 5.26. The highest BCUT2D eigenvalue weighted by molar-refractivity contribution is 6.10. The zero-order valence-electron chi connectivity index (χ0n) is 36.2. The molecule has 7 aromatic rings. The van der Waals surface area contributed by atoms with E-state index in [1.165, 1.54) is 96.7 Å². The van der Waals surface area contributed by atoms with Crippen molar-refractivity contribution >= 4 is 38.2 Å². The molecular weight excluding hydrogens is 725 g/mol. The third-order valence-electron chi connectivity index (χ3n) is 18.6. The van der Waals surface area contributed by atoms with E-state index in [4.69, 9.17) is 9.97 Å². The van der Waals surface area contributed by atoms with Gasteiger partial charge in [-0.05, 0) is 163 Å². The number of benzene rings is 5. The van der Waals surface area contributed by atoms with Crippen LogP contribution in [0.1, 0.15) is 120 Å². The van der Waals surface area contributed by atoms with Gasteiger partial charge in [0.1, 0.15) is 0 Å². The third-order valence-corrected chi connectivity index (χ3v) is 18.6. The maximum absolute atomic E-state index is 5.85. The number of pyridine rings is 2. The van der Waals surface area contributed by atoms with Gasteiger partial charge in [0.15, 0.2) is 0 Å². The Balaban J connectivity index is 1.20. The minimum Gasteiger partial charge on any atom is -0.247 e. The van der Waals surface area contributed by atoms with Crippen LogP contribution in [0.5, 0.6) is 0 Å². The standard InChI is InChI=1S/C58H54N2/c1-54(2)43-26-27-57(54,6)49-46(43)37-22-14-16-24-44(37)60-52(49)42-31-36(34-20-12-9-13-21-34)28-39-40(42)29-35(33-18-10-8-11-19-33)30-41(39)51-48-47(38-23-15-17-25-45(38)59-51)50-53-56(48,5)32-58(53,7)55(50,3)4/h9-10,12-25,28-31,43,50,53H,8,11,26-27,32H2,1-7H3. The summed E-state index contributed by atoms with van der Waals surface area (Å²) in [5.74, 6) is 1.68. The van der Waals surface area contributed by atoms with Gasteiger partial charge < -0.3 is 0 Å². The summed E-state index contributed by atoms with van der Waals surface area (Å²) in [6.07, 6.45) is 13.0. The highest BCUT2D eigenvalue weighted by Crippen LogP contribution is 2.87. The number of nitrogens with zero attached hydrogens (tertiary/aromatic N) is 2. The fourth-order valence-electron chi connectivity index (χ4n) is 15.2. The lowest BCUT2D eigenvalue weighted by atomic mass is 9.27. The van der Waals surface area contributed by atoms with Gasteiger partial charge in [-0.15, -0.1) is 0 Å². The van der Waals surface area contributed by atoms with Crippen molar-refractivity contribution in [2.24, 2.45) is 22.2 Å². The Morgan fingerprint density at radius 2 is 1.18 bits per heavy atom. The highest BCUT2D eigenvalue weighted by atomic mass is 14.9. The van der Waals surface area contributed by atoms with Crippen LogP contribution in [0.3, 0.4) is 0 Å². The number of hydrogen-bond acceptors (Lipinski definition) is 2. The lowest BCUT2D eigenvalue weighted by molar-refractivity contribution is -0.245. The number of hydrogen-bond donors (Lipinski definition) is 0. The first-order valence-corrected chi connectivity index (χ1v) is 22.8. The molecule has 2 aromatic heterocycles. The fourth-order valence-corrected chi connectivity index (χ4v) is 15.2. The number of fused-ring (bicyclic) bond motifs is 13. The summed E-state index contributed by atoms with van der Waals surface area (Å²) in [5.41, 5.74) is 19.1. The molecule has 0 N–H and O–H groups in total. The van der Waals surface area contributed by atoms with Gasteiger partial charge in [0.2, 0.25) is 0 Å². The molecule has 0 saturated heterocycles. The van der Waals surface area contributed by atoms with Gasteiger partial charge >= 0.3 is 0 Å². The maximum atomic E-state index is 5.85. The van der Waals surface area contributed by atoms with E-state index in [0.29, 0.717) is 23.2 Å². The molecule has 6 unspecified atom stereocenters. The molecule has 3 fully saturated rings. The fraction of sp³-hybridized carbons (Fsp3) is 0.345. The van der Waals surface area contributed by atoms with Crippen molar-refractivity contribution in [3.8, 4) is 33.6 Å². The summed E-state index contributed by atoms with van der Waals surface area (Å²) in [7, 11) is 0. The first-order chi connectivity index (χ1) is 28.9. The van der Waals surface area contributed by atoms with Crippen molar-refractivity contribution in [2.45, 2.75) is 103 Å². The monoisotopic (exact) mass is 778 g/mol. The van der Waals surface area contributed by atoms with E-state index in [-0.39, 0.29) is 21.7 Å². The average molecular weight is 779 g/mol. The Labute approximate surface area is 354 Å². The Hall–Kier alpha value is -5.34. The SMILES string of the molecule is CC12CC3(C)C1C(c1c2c(-c2cc(C4=CCCC=C4)cc4c(-c5nc6ccccc6c6c5C5(C)CCC6C5(C)C)cc(-c5ccccc5)cc24)nc2ccccc12)C3(C)C. The molecule has 0 spiro atoms. The van der Waals surface area contributed by atoms with Gasteiger partial charge in [0.05, 0.1) is 22.4 Å². The van der Waals surface area contributed by atoms with Crippen molar-refractivity contribution < 1.29 is 0 Å². The minimum atomic E-state index is 0.0157. The van der Waals surface area contributed by atoms with Crippen LogP contribution in [-0.4, -0.2) is 9.97 Å². The normalized spacial score (nSPS) is 29.6. The largest absolute Gasteiger partial charge is 0.247 e. The molecule has 13 rings (SSSR count). The summed E-state index contributed by atoms with van der Waals surface area (Å²) in [6.45, 7) is 17.9. The Morgan fingerprint density at radius 3 is 1.87 bits per heavy atom. The van der Waals surface area contributed by atoms with E-state index in [2.05, 4.69) is 170 Å². The number of allylic oxidation sites excluding steroid dienone is 4. The lowest BCUT2D eigenvalue weighted by Crippen LogP contribution is -2.71. The van der Waals surface area contributed by atoms with E-state index in [1.54, 1.807) is 11.1 Å². The van der Waals surface area contributed by atoms with Crippen LogP contribution in [0.4, 0.5) is 0 Å². The zero-order chi connectivity index (χ0) is 40.7. The van der Waals surface area contributed by atoms with E-state index in [1.807, 2.05) is 0 Å². The number of para-hydroxylation sites is 2.